The highest BCUT2D eigenvalue weighted by atomic mass is 32.2. The summed E-state index contributed by atoms with van der Waals surface area (Å²) in [5, 5.41) is 9.56. The lowest BCUT2D eigenvalue weighted by Gasteiger charge is -2.45. The largest absolute Gasteiger partial charge is 0.495 e. The summed E-state index contributed by atoms with van der Waals surface area (Å²) >= 11 is 0. The van der Waals surface area contributed by atoms with Gasteiger partial charge in [0.1, 0.15) is 5.75 Å². The second-order valence-electron chi connectivity index (χ2n) is 11.4. The molecular formula is C30H42N4O5S. The van der Waals surface area contributed by atoms with Gasteiger partial charge < -0.3 is 9.64 Å². The van der Waals surface area contributed by atoms with Gasteiger partial charge in [-0.15, -0.1) is 0 Å². The van der Waals surface area contributed by atoms with Gasteiger partial charge in [0.05, 0.1) is 12.8 Å². The van der Waals surface area contributed by atoms with E-state index in [2.05, 4.69) is 15.9 Å². The first kappa shape index (κ1) is 28.9. The zero-order chi connectivity index (χ0) is 28.2. The van der Waals surface area contributed by atoms with E-state index in [0.29, 0.717) is 44.6 Å². The number of sulfonamides is 1. The number of anilines is 1. The Morgan fingerprint density at radius 2 is 1.48 bits per heavy atom. The quantitative estimate of drug-likeness (QED) is 0.370. The average molecular weight is 571 g/mol. The fraction of sp³-hybridized carbons (Fsp3) is 0.567. The maximum absolute atomic E-state index is 14.0. The van der Waals surface area contributed by atoms with Gasteiger partial charge in [0, 0.05) is 45.8 Å². The van der Waals surface area contributed by atoms with Crippen molar-refractivity contribution in [2.24, 2.45) is 11.8 Å². The number of amides is 1. The third kappa shape index (κ3) is 5.72. The van der Waals surface area contributed by atoms with Gasteiger partial charge in [0.15, 0.2) is 4.75 Å². The summed E-state index contributed by atoms with van der Waals surface area (Å²) in [4.78, 5) is 17.5. The van der Waals surface area contributed by atoms with E-state index < -0.39 is 20.7 Å². The molecule has 3 aliphatic rings. The van der Waals surface area contributed by atoms with E-state index in [1.54, 1.807) is 12.6 Å². The molecule has 10 heteroatoms. The number of para-hydroxylation sites is 2. The number of likely N-dealkylation sites (tertiary alicyclic amines) is 1. The number of nitrogens with zero attached hydrogens (tertiary/aromatic N) is 3. The van der Waals surface area contributed by atoms with Crippen LogP contribution in [0.4, 0.5) is 5.69 Å². The van der Waals surface area contributed by atoms with E-state index in [1.807, 2.05) is 48.5 Å². The minimum Gasteiger partial charge on any atom is -0.495 e. The Morgan fingerprint density at radius 1 is 0.900 bits per heavy atom. The van der Waals surface area contributed by atoms with E-state index in [0.717, 1.165) is 55.8 Å². The Labute approximate surface area is 238 Å². The predicted octanol–water partition coefficient (Wildman–Crippen LogP) is 3.49. The van der Waals surface area contributed by atoms with Crippen LogP contribution in [0.5, 0.6) is 5.75 Å². The predicted molar refractivity (Wildman–Crippen MR) is 155 cm³/mol. The summed E-state index contributed by atoms with van der Waals surface area (Å²) in [6.45, 7) is 4.43. The molecule has 2 aromatic carbocycles. The number of methoxy groups -OCH3 is 1. The van der Waals surface area contributed by atoms with Gasteiger partial charge in [-0.2, -0.15) is 0 Å². The molecule has 0 atom stereocenters. The van der Waals surface area contributed by atoms with Gasteiger partial charge in [-0.05, 0) is 68.1 Å². The maximum Gasteiger partial charge on any atom is 0.266 e. The number of piperidine rings is 3. The Balaban J connectivity index is 1.18. The summed E-state index contributed by atoms with van der Waals surface area (Å²) in [7, 11) is -2.24. The number of benzene rings is 2. The second kappa shape index (κ2) is 12.5. The van der Waals surface area contributed by atoms with Crippen molar-refractivity contribution in [2.45, 2.75) is 49.8 Å². The van der Waals surface area contributed by atoms with Crippen LogP contribution >= 0.6 is 0 Å². The Bertz CT molecular complexity index is 1230. The summed E-state index contributed by atoms with van der Waals surface area (Å²) < 4.78 is 33.4. The molecule has 1 amide bonds. The molecule has 0 bridgehead atoms. The topological polar surface area (TPSA) is 102 Å². The van der Waals surface area contributed by atoms with Crippen molar-refractivity contribution in [2.75, 3.05) is 51.3 Å². The Morgan fingerprint density at radius 3 is 2.08 bits per heavy atom. The SMILES string of the molecule is COc1ccccc1N1CCC(C2CCN(S(=O)(=O)C3(C(=O)NO)CCN(Cc4ccccc4)CC3)CC2)CC1. The molecule has 3 saturated heterocycles. The summed E-state index contributed by atoms with van der Waals surface area (Å²) in [5.74, 6) is 1.12. The van der Waals surface area contributed by atoms with Crippen molar-refractivity contribution in [1.29, 1.82) is 0 Å². The lowest BCUT2D eigenvalue weighted by atomic mass is 9.79. The monoisotopic (exact) mass is 570 g/mol. The Kier molecular flexibility index (Phi) is 8.99. The summed E-state index contributed by atoms with van der Waals surface area (Å²) in [6.07, 6.45) is 4.07. The number of hydrogen-bond acceptors (Lipinski definition) is 7. The van der Waals surface area contributed by atoms with Crippen LogP contribution in [0.2, 0.25) is 0 Å². The van der Waals surface area contributed by atoms with Gasteiger partial charge >= 0.3 is 0 Å². The molecule has 2 aromatic rings. The molecule has 5 rings (SSSR count). The van der Waals surface area contributed by atoms with Crippen LogP contribution in [0.15, 0.2) is 54.6 Å². The van der Waals surface area contributed by atoms with Crippen LogP contribution in [0.25, 0.3) is 0 Å². The first-order valence-corrected chi connectivity index (χ1v) is 15.9. The standard InChI is InChI=1S/C30H42N4O5S/c1-39-28-10-6-5-9-27(28)33-17-11-25(12-18-33)26-13-19-34(20-14-26)40(37,38)30(29(35)31-36)15-21-32(22-16-30)23-24-7-3-2-4-8-24/h2-10,25-26,36H,11-23H2,1H3,(H,31,35). The minimum atomic E-state index is -3.95. The smallest absolute Gasteiger partial charge is 0.266 e. The number of hydrogen-bond donors (Lipinski definition) is 2. The van der Waals surface area contributed by atoms with E-state index in [9.17, 15) is 18.4 Å². The van der Waals surface area contributed by atoms with Crippen molar-refractivity contribution in [3.8, 4) is 5.75 Å². The van der Waals surface area contributed by atoms with E-state index in [4.69, 9.17) is 4.74 Å². The summed E-state index contributed by atoms with van der Waals surface area (Å²) in [5.41, 5.74) is 3.98. The number of nitrogens with one attached hydrogen (secondary N) is 1. The lowest BCUT2D eigenvalue weighted by Crippen LogP contribution is -2.62. The highest BCUT2D eigenvalue weighted by Crippen LogP contribution is 2.40. The van der Waals surface area contributed by atoms with Crippen molar-refractivity contribution < 1.29 is 23.2 Å². The van der Waals surface area contributed by atoms with Crippen LogP contribution in [0.3, 0.4) is 0 Å². The third-order valence-electron chi connectivity index (χ3n) is 9.39. The molecule has 218 valence electrons. The molecular weight excluding hydrogens is 528 g/mol. The van der Waals surface area contributed by atoms with E-state index >= 15 is 0 Å². The van der Waals surface area contributed by atoms with Crippen molar-refractivity contribution >= 4 is 21.6 Å². The van der Waals surface area contributed by atoms with Gasteiger partial charge in [-0.1, -0.05) is 42.5 Å². The number of ether oxygens (including phenoxy) is 1. The van der Waals surface area contributed by atoms with Crippen LogP contribution in [-0.4, -0.2) is 79.9 Å². The number of carbonyl (C=O) groups is 1. The maximum atomic E-state index is 14.0. The molecule has 0 unspecified atom stereocenters. The molecule has 2 N–H and O–H groups in total. The van der Waals surface area contributed by atoms with Crippen LogP contribution in [0.1, 0.15) is 44.1 Å². The number of rotatable bonds is 8. The van der Waals surface area contributed by atoms with Gasteiger partial charge in [-0.25, -0.2) is 18.2 Å². The van der Waals surface area contributed by atoms with Crippen molar-refractivity contribution in [3.05, 3.63) is 60.2 Å². The van der Waals surface area contributed by atoms with Gasteiger partial charge in [0.25, 0.3) is 5.91 Å². The zero-order valence-electron chi connectivity index (χ0n) is 23.4. The van der Waals surface area contributed by atoms with Crippen molar-refractivity contribution in [3.63, 3.8) is 0 Å². The first-order chi connectivity index (χ1) is 19.4. The average Bonchev–Trinajstić information content (AvgIpc) is 3.01. The van der Waals surface area contributed by atoms with Crippen LogP contribution in [-0.2, 0) is 21.4 Å². The van der Waals surface area contributed by atoms with E-state index in [1.165, 1.54) is 4.31 Å². The highest BCUT2D eigenvalue weighted by molar-refractivity contribution is 7.91. The number of hydroxylamine groups is 1. The normalized spacial score (nSPS) is 21.7. The van der Waals surface area contributed by atoms with Crippen LogP contribution in [0, 0.1) is 11.8 Å². The van der Waals surface area contributed by atoms with Gasteiger partial charge in [0.2, 0.25) is 10.0 Å². The first-order valence-electron chi connectivity index (χ1n) is 14.5. The zero-order valence-corrected chi connectivity index (χ0v) is 24.2. The Hall–Kier alpha value is -2.66. The summed E-state index contributed by atoms with van der Waals surface area (Å²) in [6, 6.07) is 18.2. The van der Waals surface area contributed by atoms with Crippen LogP contribution < -0.4 is 15.1 Å². The second-order valence-corrected chi connectivity index (χ2v) is 13.7. The fourth-order valence-corrected chi connectivity index (χ4v) is 9.12. The number of carbonyl (C=O) groups excluding carboxylic acids is 1. The molecule has 0 radical (unpaired) electrons. The lowest BCUT2D eigenvalue weighted by molar-refractivity contribution is -0.133. The molecule has 0 aromatic heterocycles. The molecule has 0 saturated carbocycles. The van der Waals surface area contributed by atoms with E-state index in [-0.39, 0.29) is 12.8 Å². The van der Waals surface area contributed by atoms with Gasteiger partial charge in [-0.3, -0.25) is 14.9 Å². The molecule has 40 heavy (non-hydrogen) atoms. The van der Waals surface area contributed by atoms with Crippen molar-refractivity contribution in [1.82, 2.24) is 14.7 Å². The molecule has 0 spiro atoms. The minimum absolute atomic E-state index is 0.163. The molecule has 3 aliphatic heterocycles. The molecule has 3 heterocycles. The highest BCUT2D eigenvalue weighted by Gasteiger charge is 2.55. The third-order valence-corrected chi connectivity index (χ3v) is 12.0. The molecule has 3 fully saturated rings. The fourth-order valence-electron chi connectivity index (χ4n) is 6.96. The molecule has 9 nitrogen and oxygen atoms in total. The molecule has 0 aliphatic carbocycles.